The zero-order valence-electron chi connectivity index (χ0n) is 29.6. The lowest BCUT2D eigenvalue weighted by Crippen LogP contribution is -2.63. The Kier molecular flexibility index (Phi) is 11.1. The highest BCUT2D eigenvalue weighted by Gasteiger charge is 2.43. The summed E-state index contributed by atoms with van der Waals surface area (Å²) in [6.45, 7) is 12.4. The monoisotopic (exact) mass is 735 g/mol. The third-order valence-corrected chi connectivity index (χ3v) is 11.8. The van der Waals surface area contributed by atoms with E-state index >= 15 is 0 Å². The van der Waals surface area contributed by atoms with Gasteiger partial charge in [-0.25, -0.2) is 4.99 Å². The minimum atomic E-state index is -0.934. The molecule has 0 N–H and O–H groups in total. The third-order valence-electron chi connectivity index (χ3n) is 8.79. The van der Waals surface area contributed by atoms with Gasteiger partial charge in [0.15, 0.2) is 15.5 Å². The van der Waals surface area contributed by atoms with Crippen LogP contribution in [-0.4, -0.2) is 61.1 Å². The maximum Gasteiger partial charge on any atom is 0.237 e. The predicted octanol–water partition coefficient (Wildman–Crippen LogP) is 8.41. The molecule has 262 valence electrons. The Hall–Kier alpha value is -4.37. The molecule has 0 bridgehead atoms. The van der Waals surface area contributed by atoms with Gasteiger partial charge < -0.3 is 13.8 Å². The SMILES string of the molecule is CC(C)(C)[SiH2]OC(C)(C)[C@H]1CN(Cc2cc(-c3ccc(Cl)s3)on2)CC(=O)N1Cc1ccc(C#N)c(N=C(c2ccccc2)c2ccccc2)c1. The van der Waals surface area contributed by atoms with Crippen LogP contribution >= 0.6 is 22.9 Å². The molecular formula is C40H42ClN5O3SSi. The van der Waals surface area contributed by atoms with Crippen molar-refractivity contribution in [3.63, 3.8) is 0 Å². The van der Waals surface area contributed by atoms with E-state index in [4.69, 9.17) is 25.5 Å². The molecule has 3 heterocycles. The number of benzene rings is 3. The average Bonchev–Trinajstić information content (AvgIpc) is 3.76. The number of thiophene rings is 1. The predicted molar refractivity (Wildman–Crippen MR) is 207 cm³/mol. The molecule has 0 unspecified atom stereocenters. The normalized spacial score (nSPS) is 15.7. The van der Waals surface area contributed by atoms with Gasteiger partial charge in [-0.2, -0.15) is 5.26 Å². The lowest BCUT2D eigenvalue weighted by Gasteiger charge is -2.48. The number of aliphatic imine (C=N–C) groups is 1. The summed E-state index contributed by atoms with van der Waals surface area (Å²) in [6, 6.07) is 33.3. The van der Waals surface area contributed by atoms with E-state index in [-0.39, 0.29) is 23.5 Å². The van der Waals surface area contributed by atoms with Gasteiger partial charge in [0.05, 0.1) is 50.1 Å². The second-order valence-corrected chi connectivity index (χ2v) is 19.0. The van der Waals surface area contributed by atoms with Gasteiger partial charge in [-0.05, 0) is 48.7 Å². The number of aromatic nitrogens is 1. The fraction of sp³-hybridized carbons (Fsp3) is 0.300. The quantitative estimate of drug-likeness (QED) is 0.0999. The van der Waals surface area contributed by atoms with E-state index in [1.54, 1.807) is 6.07 Å². The lowest BCUT2D eigenvalue weighted by atomic mass is 9.93. The van der Waals surface area contributed by atoms with E-state index in [9.17, 15) is 10.1 Å². The van der Waals surface area contributed by atoms with Gasteiger partial charge in [-0.3, -0.25) is 9.69 Å². The Morgan fingerprint density at radius 3 is 2.29 bits per heavy atom. The number of amides is 1. The number of hydrogen-bond acceptors (Lipinski definition) is 8. The molecule has 5 aromatic rings. The summed E-state index contributed by atoms with van der Waals surface area (Å²) in [7, 11) is -0.934. The van der Waals surface area contributed by atoms with Gasteiger partial charge in [0, 0.05) is 36.8 Å². The van der Waals surface area contributed by atoms with Gasteiger partial charge in [0.25, 0.3) is 0 Å². The Morgan fingerprint density at radius 2 is 1.69 bits per heavy atom. The molecule has 0 saturated carbocycles. The van der Waals surface area contributed by atoms with Crippen LogP contribution in [0.15, 0.2) is 107 Å². The first-order chi connectivity index (χ1) is 24.4. The third kappa shape index (κ3) is 9.11. The van der Waals surface area contributed by atoms with Gasteiger partial charge in [0.1, 0.15) is 6.07 Å². The van der Waals surface area contributed by atoms with Crippen molar-refractivity contribution in [1.82, 2.24) is 15.0 Å². The van der Waals surface area contributed by atoms with Gasteiger partial charge in [-0.1, -0.05) is 104 Å². The summed E-state index contributed by atoms with van der Waals surface area (Å²) >= 11 is 7.58. The summed E-state index contributed by atoms with van der Waals surface area (Å²) in [6.07, 6.45) is 0. The smallest absolute Gasteiger partial charge is 0.237 e. The van der Waals surface area contributed by atoms with Crippen molar-refractivity contribution in [2.24, 2.45) is 4.99 Å². The zero-order valence-corrected chi connectivity index (χ0v) is 32.6. The number of carbonyl (C=O) groups is 1. The van der Waals surface area contributed by atoms with Crippen LogP contribution in [0.3, 0.4) is 0 Å². The first-order valence-corrected chi connectivity index (χ1v) is 19.5. The van der Waals surface area contributed by atoms with Crippen molar-refractivity contribution in [2.75, 3.05) is 13.1 Å². The van der Waals surface area contributed by atoms with Crippen molar-refractivity contribution < 1.29 is 13.7 Å². The Labute approximate surface area is 311 Å². The maximum atomic E-state index is 14.1. The van der Waals surface area contributed by atoms with Crippen LogP contribution in [0.5, 0.6) is 0 Å². The van der Waals surface area contributed by atoms with Crippen LogP contribution in [0.2, 0.25) is 9.37 Å². The summed E-state index contributed by atoms with van der Waals surface area (Å²) < 4.78 is 13.1. The van der Waals surface area contributed by atoms with E-state index in [1.807, 2.05) is 95.9 Å². The number of piperazine rings is 1. The van der Waals surface area contributed by atoms with E-state index in [1.165, 1.54) is 11.3 Å². The molecule has 1 aliphatic heterocycles. The molecule has 51 heavy (non-hydrogen) atoms. The zero-order chi connectivity index (χ0) is 36.2. The number of hydrogen-bond donors (Lipinski definition) is 0. The second kappa shape index (κ2) is 15.5. The average molecular weight is 736 g/mol. The molecule has 1 atom stereocenters. The second-order valence-electron chi connectivity index (χ2n) is 14.6. The highest BCUT2D eigenvalue weighted by molar-refractivity contribution is 7.19. The Morgan fingerprint density at radius 1 is 1.00 bits per heavy atom. The van der Waals surface area contributed by atoms with Crippen molar-refractivity contribution in [1.29, 1.82) is 5.26 Å². The van der Waals surface area contributed by atoms with E-state index in [0.29, 0.717) is 41.0 Å². The first-order valence-electron chi connectivity index (χ1n) is 17.0. The highest BCUT2D eigenvalue weighted by Crippen LogP contribution is 2.34. The van der Waals surface area contributed by atoms with Gasteiger partial charge in [-0.15, -0.1) is 11.3 Å². The number of rotatable bonds is 11. The maximum absolute atomic E-state index is 14.1. The van der Waals surface area contributed by atoms with Crippen LogP contribution in [0, 0.1) is 11.3 Å². The molecule has 1 fully saturated rings. The number of nitriles is 1. The van der Waals surface area contributed by atoms with Crippen molar-refractivity contribution in [3.8, 4) is 16.7 Å². The fourth-order valence-electron chi connectivity index (χ4n) is 6.12. The van der Waals surface area contributed by atoms with E-state index in [0.717, 1.165) is 33.0 Å². The van der Waals surface area contributed by atoms with Gasteiger partial charge >= 0.3 is 0 Å². The lowest BCUT2D eigenvalue weighted by molar-refractivity contribution is -0.148. The van der Waals surface area contributed by atoms with Gasteiger partial charge in [0.2, 0.25) is 5.91 Å². The summed E-state index contributed by atoms with van der Waals surface area (Å²) in [5.41, 5.74) is 4.72. The summed E-state index contributed by atoms with van der Waals surface area (Å²) in [4.78, 5) is 24.2. The molecule has 8 nitrogen and oxygen atoms in total. The number of nitrogens with zero attached hydrogens (tertiary/aromatic N) is 5. The standard InChI is InChI=1S/C40H42ClN5O3SSi/c1-39(2,3)51-49-40(4,5)35-25-45(24-31-21-33(48-44-31)34-18-19-36(41)50-34)26-37(47)46(35)23-27-16-17-30(22-42)32(20-27)43-38(28-12-8-6-9-13-28)29-14-10-7-11-15-29/h6-21,35H,23-26,51H2,1-5H3/t35-/m1/s1. The first kappa shape index (κ1) is 36.4. The molecule has 1 saturated heterocycles. The topological polar surface area (TPSA) is 95.0 Å². The molecule has 2 aromatic heterocycles. The molecule has 0 radical (unpaired) electrons. The van der Waals surface area contributed by atoms with E-state index < -0.39 is 15.4 Å². The Balaban J connectivity index is 1.30. The fourth-order valence-corrected chi connectivity index (χ4v) is 8.11. The molecule has 11 heteroatoms. The molecule has 6 rings (SSSR count). The Bertz CT molecular complexity index is 2010. The summed E-state index contributed by atoms with van der Waals surface area (Å²) in [5.74, 6) is 0.656. The molecule has 3 aromatic carbocycles. The minimum Gasteiger partial charge on any atom is -0.416 e. The molecule has 1 aliphatic rings. The molecule has 0 spiro atoms. The van der Waals surface area contributed by atoms with Crippen molar-refractivity contribution in [2.45, 2.75) is 64.4 Å². The molecular weight excluding hydrogens is 694 g/mol. The largest absolute Gasteiger partial charge is 0.416 e. The number of halogens is 1. The molecule has 1 amide bonds. The van der Waals surface area contributed by atoms with Crippen LogP contribution in [0.1, 0.15) is 62.6 Å². The van der Waals surface area contributed by atoms with Crippen LogP contribution in [-0.2, 0) is 22.3 Å². The van der Waals surface area contributed by atoms with Crippen LogP contribution in [0.4, 0.5) is 5.69 Å². The number of carbonyl (C=O) groups excluding carboxylic acids is 1. The van der Waals surface area contributed by atoms with Crippen LogP contribution in [0.25, 0.3) is 10.6 Å². The highest BCUT2D eigenvalue weighted by atomic mass is 35.5. The van der Waals surface area contributed by atoms with Crippen LogP contribution < -0.4 is 0 Å². The molecule has 0 aliphatic carbocycles. The summed E-state index contributed by atoms with van der Waals surface area (Å²) in [5, 5.41) is 14.5. The van der Waals surface area contributed by atoms with Crippen molar-refractivity contribution >= 4 is 50.0 Å². The minimum absolute atomic E-state index is 0.00206. The van der Waals surface area contributed by atoms with Crippen molar-refractivity contribution in [3.05, 3.63) is 129 Å². The van der Waals surface area contributed by atoms with E-state index in [2.05, 4.69) is 50.7 Å².